The van der Waals surface area contributed by atoms with E-state index in [1.807, 2.05) is 79.7 Å². The molecule has 1 aliphatic heterocycles. The molecule has 0 unspecified atom stereocenters. The molecule has 1 aliphatic rings. The molecule has 1 N–H and O–H groups in total. The summed E-state index contributed by atoms with van der Waals surface area (Å²) in [7, 11) is 0. The molecular weight excluding hydrogens is 448 g/mol. The number of hydrogen-bond donors (Lipinski definition) is 1. The van der Waals surface area contributed by atoms with Crippen LogP contribution in [0.2, 0.25) is 0 Å². The van der Waals surface area contributed by atoms with Gasteiger partial charge in [-0.2, -0.15) is 4.98 Å². The average Bonchev–Trinajstić information content (AvgIpc) is 3.30. The Balaban J connectivity index is 1.34. The third kappa shape index (κ3) is 4.45. The van der Waals surface area contributed by atoms with Gasteiger partial charge in [0.25, 0.3) is 5.91 Å². The minimum Gasteiger partial charge on any atom is -0.347 e. The second kappa shape index (κ2) is 9.52. The second-order valence-electron chi connectivity index (χ2n) is 7.78. The van der Waals surface area contributed by atoms with Gasteiger partial charge >= 0.3 is 0 Å². The van der Waals surface area contributed by atoms with Gasteiger partial charge in [-0.15, -0.1) is 0 Å². The number of fused-ring (bicyclic) bond motifs is 2. The highest BCUT2D eigenvalue weighted by atomic mass is 32.2. The fourth-order valence-corrected chi connectivity index (χ4v) is 4.96. The van der Waals surface area contributed by atoms with Crippen molar-refractivity contribution in [2.24, 2.45) is 0 Å². The Morgan fingerprint density at radius 3 is 2.65 bits per heavy atom. The van der Waals surface area contributed by atoms with Crippen molar-refractivity contribution in [3.63, 3.8) is 0 Å². The van der Waals surface area contributed by atoms with E-state index in [-0.39, 0.29) is 24.8 Å². The number of nitrogens with one attached hydrogen (secondary N) is 1. The molecule has 7 nitrogen and oxygen atoms in total. The van der Waals surface area contributed by atoms with Gasteiger partial charge in [0.2, 0.25) is 17.6 Å². The van der Waals surface area contributed by atoms with Crippen molar-refractivity contribution in [3.05, 3.63) is 89.8 Å². The van der Waals surface area contributed by atoms with E-state index in [0.29, 0.717) is 23.8 Å². The van der Waals surface area contributed by atoms with Gasteiger partial charge in [0, 0.05) is 21.9 Å². The van der Waals surface area contributed by atoms with Crippen LogP contribution in [0.1, 0.15) is 28.7 Å². The number of rotatable bonds is 6. The Morgan fingerprint density at radius 2 is 1.82 bits per heavy atom. The highest BCUT2D eigenvalue weighted by Gasteiger charge is 2.26. The predicted octanol–water partition coefficient (Wildman–Crippen LogP) is 4.73. The van der Waals surface area contributed by atoms with Crippen molar-refractivity contribution in [3.8, 4) is 11.4 Å². The lowest BCUT2D eigenvalue weighted by Crippen LogP contribution is -2.30. The molecule has 8 heteroatoms. The summed E-state index contributed by atoms with van der Waals surface area (Å²) in [6.07, 6.45) is 0.290. The van der Waals surface area contributed by atoms with E-state index in [9.17, 15) is 9.59 Å². The number of amides is 2. The number of benzene rings is 3. The van der Waals surface area contributed by atoms with Crippen LogP contribution >= 0.6 is 11.8 Å². The topological polar surface area (TPSA) is 88.3 Å². The third-order valence-electron chi connectivity index (χ3n) is 5.52. The van der Waals surface area contributed by atoms with Crippen molar-refractivity contribution in [1.82, 2.24) is 15.5 Å². The molecular formula is C26H22N4O3S. The molecule has 0 saturated heterocycles. The SMILES string of the molecule is CCN1C(=O)c2ccccc2Sc2cc(-c3noc(CNC(=O)Cc4ccccc4)n3)ccc21. The van der Waals surface area contributed by atoms with Crippen LogP contribution in [0.5, 0.6) is 0 Å². The summed E-state index contributed by atoms with van der Waals surface area (Å²) in [5, 5.41) is 6.91. The lowest BCUT2D eigenvalue weighted by Gasteiger charge is -2.21. The average molecular weight is 471 g/mol. The molecule has 2 heterocycles. The van der Waals surface area contributed by atoms with Crippen molar-refractivity contribution >= 4 is 29.3 Å². The monoisotopic (exact) mass is 470 g/mol. The van der Waals surface area contributed by atoms with E-state index in [4.69, 9.17) is 4.52 Å². The fraction of sp³-hybridized carbons (Fsp3) is 0.154. The number of hydrogen-bond acceptors (Lipinski definition) is 6. The van der Waals surface area contributed by atoms with Gasteiger partial charge in [-0.25, -0.2) is 0 Å². The Bertz CT molecular complexity index is 1350. The van der Waals surface area contributed by atoms with E-state index < -0.39 is 0 Å². The molecule has 2 amide bonds. The molecule has 0 aliphatic carbocycles. The van der Waals surface area contributed by atoms with Gasteiger partial charge in [0.15, 0.2) is 0 Å². The van der Waals surface area contributed by atoms with E-state index in [0.717, 1.165) is 26.6 Å². The van der Waals surface area contributed by atoms with Crippen molar-refractivity contribution in [2.45, 2.75) is 29.7 Å². The van der Waals surface area contributed by atoms with Crippen LogP contribution in [0.15, 0.2) is 87.1 Å². The van der Waals surface area contributed by atoms with E-state index >= 15 is 0 Å². The molecule has 34 heavy (non-hydrogen) atoms. The van der Waals surface area contributed by atoms with E-state index in [2.05, 4.69) is 15.5 Å². The summed E-state index contributed by atoms with van der Waals surface area (Å²) >= 11 is 1.55. The van der Waals surface area contributed by atoms with Crippen molar-refractivity contribution in [1.29, 1.82) is 0 Å². The minimum atomic E-state index is -0.115. The van der Waals surface area contributed by atoms with Crippen LogP contribution in [0.25, 0.3) is 11.4 Å². The van der Waals surface area contributed by atoms with Gasteiger partial charge in [-0.05, 0) is 42.8 Å². The summed E-state index contributed by atoms with van der Waals surface area (Å²) < 4.78 is 5.36. The van der Waals surface area contributed by atoms with Gasteiger partial charge < -0.3 is 14.7 Å². The largest absolute Gasteiger partial charge is 0.347 e. The predicted molar refractivity (Wildman–Crippen MR) is 130 cm³/mol. The second-order valence-corrected chi connectivity index (χ2v) is 8.86. The number of anilines is 1. The van der Waals surface area contributed by atoms with Gasteiger partial charge in [0.1, 0.15) is 0 Å². The number of carbonyl (C=O) groups is 2. The van der Waals surface area contributed by atoms with Gasteiger partial charge in [-0.3, -0.25) is 9.59 Å². The van der Waals surface area contributed by atoms with E-state index in [1.165, 1.54) is 0 Å². The minimum absolute atomic E-state index is 0.00908. The molecule has 0 fully saturated rings. The standard InChI is InChI=1S/C26H22N4O3S/c1-2-30-20-13-12-18(15-22(20)34-21-11-7-6-10-19(21)26(30)32)25-28-24(33-29-25)16-27-23(31)14-17-8-4-3-5-9-17/h3-13,15H,2,14,16H2,1H3,(H,27,31). The number of nitrogens with zero attached hydrogens (tertiary/aromatic N) is 3. The lowest BCUT2D eigenvalue weighted by molar-refractivity contribution is -0.120. The van der Waals surface area contributed by atoms with Crippen molar-refractivity contribution < 1.29 is 14.1 Å². The van der Waals surface area contributed by atoms with Crippen LogP contribution in [-0.4, -0.2) is 28.5 Å². The van der Waals surface area contributed by atoms with Gasteiger partial charge in [0.05, 0.1) is 24.2 Å². The molecule has 5 rings (SSSR count). The van der Waals surface area contributed by atoms with Crippen LogP contribution in [0.4, 0.5) is 5.69 Å². The molecule has 0 saturated carbocycles. The summed E-state index contributed by atoms with van der Waals surface area (Å²) in [4.78, 5) is 33.4. The summed E-state index contributed by atoms with van der Waals surface area (Å²) in [6, 6.07) is 22.9. The maximum Gasteiger partial charge on any atom is 0.259 e. The third-order valence-corrected chi connectivity index (χ3v) is 6.64. The first-order valence-corrected chi connectivity index (χ1v) is 11.8. The first-order chi connectivity index (χ1) is 16.6. The molecule has 170 valence electrons. The maximum absolute atomic E-state index is 13.1. The van der Waals surface area contributed by atoms with Crippen LogP contribution in [0.3, 0.4) is 0 Å². The van der Waals surface area contributed by atoms with E-state index in [1.54, 1.807) is 16.7 Å². The number of carbonyl (C=O) groups excluding carboxylic acids is 2. The van der Waals surface area contributed by atoms with Crippen molar-refractivity contribution in [2.75, 3.05) is 11.4 Å². The zero-order valence-corrected chi connectivity index (χ0v) is 19.3. The highest BCUT2D eigenvalue weighted by molar-refractivity contribution is 7.99. The first kappa shape index (κ1) is 21.9. The Labute approximate surface area is 201 Å². The highest BCUT2D eigenvalue weighted by Crippen LogP contribution is 2.42. The summed E-state index contributed by atoms with van der Waals surface area (Å²) in [5.74, 6) is 0.637. The normalized spacial score (nSPS) is 12.6. The molecule has 0 spiro atoms. The molecule has 0 bridgehead atoms. The van der Waals surface area contributed by atoms with Crippen LogP contribution in [0, 0.1) is 0 Å². The molecule has 1 aromatic heterocycles. The van der Waals surface area contributed by atoms with Crippen LogP contribution in [-0.2, 0) is 17.8 Å². The zero-order valence-electron chi connectivity index (χ0n) is 18.5. The molecule has 4 aromatic rings. The molecule has 0 radical (unpaired) electrons. The van der Waals surface area contributed by atoms with Gasteiger partial charge in [-0.1, -0.05) is 59.4 Å². The molecule has 0 atom stereocenters. The Hall–Kier alpha value is -3.91. The molecule has 3 aromatic carbocycles. The van der Waals surface area contributed by atoms with Crippen LogP contribution < -0.4 is 10.2 Å². The fourth-order valence-electron chi connectivity index (χ4n) is 3.84. The lowest BCUT2D eigenvalue weighted by atomic mass is 10.1. The Morgan fingerprint density at radius 1 is 1.03 bits per heavy atom. The smallest absolute Gasteiger partial charge is 0.259 e. The quantitative estimate of drug-likeness (QED) is 0.438. The zero-order chi connectivity index (χ0) is 23.5. The maximum atomic E-state index is 13.1. The Kier molecular flexibility index (Phi) is 6.14. The summed E-state index contributed by atoms with van der Waals surface area (Å²) in [6.45, 7) is 2.69. The number of aromatic nitrogens is 2. The first-order valence-electron chi connectivity index (χ1n) is 11.0. The summed E-state index contributed by atoms with van der Waals surface area (Å²) in [5.41, 5.74) is 3.27.